The van der Waals surface area contributed by atoms with Crippen LogP contribution in [0.3, 0.4) is 0 Å². The third kappa shape index (κ3) is 2.79. The molecule has 1 aromatic heterocycles. The Morgan fingerprint density at radius 1 is 1.00 bits per heavy atom. The molecule has 0 radical (unpaired) electrons. The number of benzene rings is 1. The Kier molecular flexibility index (Phi) is 3.87. The van der Waals surface area contributed by atoms with Gasteiger partial charge in [0, 0.05) is 37.1 Å². The lowest BCUT2D eigenvalue weighted by Gasteiger charge is -2.57. The summed E-state index contributed by atoms with van der Waals surface area (Å²) >= 11 is 1.57. The molecule has 1 N–H and O–H groups in total. The van der Waals surface area contributed by atoms with Crippen LogP contribution < -0.4 is 10.2 Å². The topological polar surface area (TPSA) is 48.5 Å². The van der Waals surface area contributed by atoms with E-state index in [2.05, 4.69) is 38.9 Å². The summed E-state index contributed by atoms with van der Waals surface area (Å²) in [4.78, 5) is 17.4. The number of fused-ring (bicyclic) bond motifs is 1. The zero-order valence-corrected chi connectivity index (χ0v) is 17.1. The van der Waals surface area contributed by atoms with Crippen molar-refractivity contribution in [1.82, 2.24) is 14.6 Å². The molecule has 148 valence electrons. The zero-order valence-electron chi connectivity index (χ0n) is 16.3. The van der Waals surface area contributed by atoms with E-state index in [9.17, 15) is 4.79 Å². The number of nitrogens with zero attached hydrogens (tertiary/aromatic N) is 3. The summed E-state index contributed by atoms with van der Waals surface area (Å²) in [6.07, 6.45) is 7.89. The molecule has 5 nitrogen and oxygen atoms in total. The van der Waals surface area contributed by atoms with Crippen LogP contribution in [0.4, 0.5) is 10.6 Å². The second-order valence-corrected chi connectivity index (χ2v) is 10.4. The van der Waals surface area contributed by atoms with Gasteiger partial charge in [0.1, 0.15) is 5.82 Å². The van der Waals surface area contributed by atoms with Crippen LogP contribution in [-0.4, -0.2) is 47.0 Å². The number of carbonyl (C=O) groups is 1. The largest absolute Gasteiger partial charge is 0.352 e. The Bertz CT molecular complexity index is 866. The minimum Gasteiger partial charge on any atom is -0.352 e. The summed E-state index contributed by atoms with van der Waals surface area (Å²) in [6, 6.07) is 8.60. The summed E-state index contributed by atoms with van der Waals surface area (Å²) in [5, 5.41) is 4.76. The fourth-order valence-corrected chi connectivity index (χ4v) is 7.59. The summed E-state index contributed by atoms with van der Waals surface area (Å²) in [7, 11) is 0. The quantitative estimate of drug-likeness (QED) is 0.831. The van der Waals surface area contributed by atoms with Crippen molar-refractivity contribution < 1.29 is 4.79 Å². The van der Waals surface area contributed by atoms with Gasteiger partial charge in [-0.15, -0.1) is 0 Å². The molecule has 1 aromatic carbocycles. The van der Waals surface area contributed by atoms with Crippen LogP contribution >= 0.6 is 11.5 Å². The van der Waals surface area contributed by atoms with Crippen LogP contribution in [0.5, 0.6) is 0 Å². The van der Waals surface area contributed by atoms with Gasteiger partial charge in [0.05, 0.1) is 4.70 Å². The van der Waals surface area contributed by atoms with Gasteiger partial charge in [0.2, 0.25) is 0 Å². The average molecular weight is 397 g/mol. The van der Waals surface area contributed by atoms with Crippen LogP contribution in [0.25, 0.3) is 10.1 Å². The second kappa shape index (κ2) is 6.34. The van der Waals surface area contributed by atoms with E-state index >= 15 is 0 Å². The number of hydrogen-bond acceptors (Lipinski definition) is 4. The summed E-state index contributed by atoms with van der Waals surface area (Å²) in [5.41, 5.74) is 0.105. The molecular weight excluding hydrogens is 368 g/mol. The van der Waals surface area contributed by atoms with Crippen molar-refractivity contribution in [3.8, 4) is 0 Å². The number of rotatable bonds is 2. The number of anilines is 1. The summed E-state index contributed by atoms with van der Waals surface area (Å²) < 4.78 is 5.92. The molecule has 0 spiro atoms. The van der Waals surface area contributed by atoms with Crippen LogP contribution in [-0.2, 0) is 0 Å². The highest BCUT2D eigenvalue weighted by molar-refractivity contribution is 7.13. The molecule has 5 aliphatic rings. The number of piperazine rings is 1. The molecular formula is C22H28N4OS. The second-order valence-electron chi connectivity index (χ2n) is 9.60. The number of aromatic nitrogens is 1. The van der Waals surface area contributed by atoms with Gasteiger partial charge in [-0.25, -0.2) is 4.79 Å². The van der Waals surface area contributed by atoms with Gasteiger partial charge >= 0.3 is 6.03 Å². The first-order valence-corrected chi connectivity index (χ1v) is 11.6. The van der Waals surface area contributed by atoms with Crippen molar-refractivity contribution in [3.05, 3.63) is 24.3 Å². The molecule has 4 bridgehead atoms. The smallest absolute Gasteiger partial charge is 0.317 e. The molecule has 0 atom stereocenters. The van der Waals surface area contributed by atoms with E-state index in [1.54, 1.807) is 11.5 Å². The van der Waals surface area contributed by atoms with Crippen molar-refractivity contribution >= 4 is 33.5 Å². The van der Waals surface area contributed by atoms with Crippen LogP contribution in [0.2, 0.25) is 0 Å². The van der Waals surface area contributed by atoms with E-state index in [0.717, 1.165) is 49.8 Å². The predicted octanol–water partition coefficient (Wildman–Crippen LogP) is 4.10. The molecule has 1 saturated heterocycles. The standard InChI is InChI=1S/C22H28N4OS/c27-21(23-22-12-15-9-16(13-22)11-17(10-15)14-22)26-7-5-25(6-8-26)20-18-3-1-2-4-19(18)28-24-20/h1-4,15-17H,5-14H2,(H,23,27). The normalized spacial score (nSPS) is 34.2. The van der Waals surface area contributed by atoms with E-state index in [1.807, 2.05) is 4.90 Å². The number of carbonyl (C=O) groups excluding carboxylic acids is 1. The summed E-state index contributed by atoms with van der Waals surface area (Å²) in [5.74, 6) is 3.67. The maximum Gasteiger partial charge on any atom is 0.317 e. The molecule has 2 aromatic rings. The Labute approximate surface area is 170 Å². The molecule has 4 saturated carbocycles. The monoisotopic (exact) mass is 396 g/mol. The number of urea groups is 1. The lowest BCUT2D eigenvalue weighted by molar-refractivity contribution is -0.0157. The summed E-state index contributed by atoms with van der Waals surface area (Å²) in [6.45, 7) is 3.29. The van der Waals surface area contributed by atoms with Crippen LogP contribution in [0.1, 0.15) is 38.5 Å². The first kappa shape index (κ1) is 17.1. The average Bonchev–Trinajstić information content (AvgIpc) is 3.11. The van der Waals surface area contributed by atoms with Crippen molar-refractivity contribution in [3.63, 3.8) is 0 Å². The molecule has 6 heteroatoms. The molecule has 28 heavy (non-hydrogen) atoms. The fraction of sp³-hybridized carbons (Fsp3) is 0.636. The third-order valence-electron chi connectivity index (χ3n) is 7.64. The SMILES string of the molecule is O=C(NC12CC3CC(CC(C3)C1)C2)N1CCN(c2nsc3ccccc23)CC1. The first-order chi connectivity index (χ1) is 13.7. The maximum absolute atomic E-state index is 13.1. The van der Waals surface area contributed by atoms with Crippen molar-refractivity contribution in [2.45, 2.75) is 44.1 Å². The number of nitrogens with one attached hydrogen (secondary N) is 1. The molecule has 7 rings (SSSR count). The zero-order chi connectivity index (χ0) is 18.7. The van der Waals surface area contributed by atoms with Crippen molar-refractivity contribution in [1.29, 1.82) is 0 Å². The Hall–Kier alpha value is -1.82. The number of amides is 2. The van der Waals surface area contributed by atoms with E-state index < -0.39 is 0 Å². The predicted molar refractivity (Wildman–Crippen MR) is 113 cm³/mol. The van der Waals surface area contributed by atoms with E-state index in [-0.39, 0.29) is 11.6 Å². The van der Waals surface area contributed by atoms with E-state index in [0.29, 0.717) is 0 Å². The van der Waals surface area contributed by atoms with Crippen molar-refractivity contribution in [2.75, 3.05) is 31.1 Å². The highest BCUT2D eigenvalue weighted by atomic mass is 32.1. The van der Waals surface area contributed by atoms with Gasteiger partial charge in [-0.2, -0.15) is 4.37 Å². The molecule has 1 aliphatic heterocycles. The molecule has 2 amide bonds. The van der Waals surface area contributed by atoms with Gasteiger partial charge in [-0.3, -0.25) is 0 Å². The lowest BCUT2D eigenvalue weighted by atomic mass is 9.53. The first-order valence-electron chi connectivity index (χ1n) is 10.8. The Morgan fingerprint density at radius 2 is 1.64 bits per heavy atom. The van der Waals surface area contributed by atoms with Gasteiger partial charge in [-0.1, -0.05) is 12.1 Å². The Balaban J connectivity index is 1.11. The van der Waals surface area contributed by atoms with E-state index in [1.165, 1.54) is 48.6 Å². The lowest BCUT2D eigenvalue weighted by Crippen LogP contribution is -2.63. The van der Waals surface area contributed by atoms with E-state index in [4.69, 9.17) is 0 Å². The minimum absolute atomic E-state index is 0.105. The highest BCUT2D eigenvalue weighted by Gasteiger charge is 2.51. The van der Waals surface area contributed by atoms with Gasteiger partial charge < -0.3 is 15.1 Å². The molecule has 4 aliphatic carbocycles. The van der Waals surface area contributed by atoms with Gasteiger partial charge in [0.15, 0.2) is 0 Å². The third-order valence-corrected chi connectivity index (χ3v) is 8.45. The Morgan fingerprint density at radius 3 is 2.32 bits per heavy atom. The fourth-order valence-electron chi connectivity index (χ4n) is 6.79. The molecule has 2 heterocycles. The highest BCUT2D eigenvalue weighted by Crippen LogP contribution is 2.55. The molecule has 0 unspecified atom stereocenters. The van der Waals surface area contributed by atoms with Gasteiger partial charge in [0.25, 0.3) is 0 Å². The maximum atomic E-state index is 13.1. The number of hydrogen-bond donors (Lipinski definition) is 1. The van der Waals surface area contributed by atoms with Gasteiger partial charge in [-0.05, 0) is 79.9 Å². The molecule has 5 fully saturated rings. The van der Waals surface area contributed by atoms with Crippen LogP contribution in [0, 0.1) is 17.8 Å². The minimum atomic E-state index is 0.105. The van der Waals surface area contributed by atoms with Crippen LogP contribution in [0.15, 0.2) is 24.3 Å². The van der Waals surface area contributed by atoms with Crippen molar-refractivity contribution in [2.24, 2.45) is 17.8 Å².